The summed E-state index contributed by atoms with van der Waals surface area (Å²) >= 11 is 2.76. The predicted molar refractivity (Wildman–Crippen MR) is 71.4 cm³/mol. The highest BCUT2D eigenvalue weighted by Crippen LogP contribution is 2.23. The summed E-state index contributed by atoms with van der Waals surface area (Å²) in [6, 6.07) is -1.19. The van der Waals surface area contributed by atoms with Crippen LogP contribution in [0.3, 0.4) is 0 Å². The molecule has 1 atom stereocenters. The lowest BCUT2D eigenvalue weighted by atomic mass is 10.2. The monoisotopic (exact) mass is 365 g/mol. The number of nitrogens with one attached hydrogen (secondary N) is 2. The zero-order valence-corrected chi connectivity index (χ0v) is 11.9. The first kappa shape index (κ1) is 16.8. The van der Waals surface area contributed by atoms with E-state index in [1.165, 1.54) is 0 Å². The molecule has 0 heterocycles. The average Bonchev–Trinajstić information content (AvgIpc) is 2.34. The number of benzene rings is 1. The average molecular weight is 366 g/mol. The minimum Gasteiger partial charge on any atom is -0.480 e. The van der Waals surface area contributed by atoms with Crippen LogP contribution >= 0.6 is 15.9 Å². The van der Waals surface area contributed by atoms with E-state index < -0.39 is 47.7 Å². The Morgan fingerprint density at radius 1 is 1.29 bits per heavy atom. The van der Waals surface area contributed by atoms with Gasteiger partial charge in [0.05, 0.1) is 16.6 Å². The van der Waals surface area contributed by atoms with Crippen molar-refractivity contribution in [1.82, 2.24) is 5.32 Å². The largest absolute Gasteiger partial charge is 0.480 e. The van der Waals surface area contributed by atoms with E-state index in [1.54, 1.807) is 0 Å². The fourth-order valence-electron chi connectivity index (χ4n) is 1.34. The number of urea groups is 1. The first-order valence-corrected chi connectivity index (χ1v) is 6.23. The van der Waals surface area contributed by atoms with Crippen molar-refractivity contribution in [2.45, 2.75) is 12.5 Å². The van der Waals surface area contributed by atoms with Crippen molar-refractivity contribution in [2.75, 3.05) is 5.32 Å². The molecule has 0 aliphatic carbocycles. The molecule has 0 aromatic heterocycles. The van der Waals surface area contributed by atoms with E-state index in [2.05, 4.69) is 15.9 Å². The second-order valence-corrected chi connectivity index (χ2v) is 4.76. The van der Waals surface area contributed by atoms with Gasteiger partial charge in [0, 0.05) is 6.07 Å². The summed E-state index contributed by atoms with van der Waals surface area (Å²) in [7, 11) is 0. The Kier molecular flexibility index (Phi) is 5.59. The Morgan fingerprint density at radius 2 is 1.90 bits per heavy atom. The van der Waals surface area contributed by atoms with Crippen LogP contribution in [0.15, 0.2) is 16.6 Å². The van der Waals surface area contributed by atoms with Crippen LogP contribution in [0.25, 0.3) is 0 Å². The van der Waals surface area contributed by atoms with E-state index in [4.69, 9.17) is 10.8 Å². The highest BCUT2D eigenvalue weighted by atomic mass is 79.9. The van der Waals surface area contributed by atoms with Crippen LogP contribution in [-0.2, 0) is 9.59 Å². The van der Waals surface area contributed by atoms with Crippen molar-refractivity contribution in [1.29, 1.82) is 0 Å². The molecule has 1 aromatic rings. The molecule has 0 aliphatic rings. The maximum Gasteiger partial charge on any atom is 0.326 e. The van der Waals surface area contributed by atoms with Crippen LogP contribution in [0.2, 0.25) is 0 Å². The Balaban J connectivity index is 2.79. The summed E-state index contributed by atoms with van der Waals surface area (Å²) in [5.74, 6) is -4.19. The maximum absolute atomic E-state index is 13.5. The molecule has 5 N–H and O–H groups in total. The Hall–Kier alpha value is -2.23. The third-order valence-electron chi connectivity index (χ3n) is 2.27. The first-order valence-electron chi connectivity index (χ1n) is 5.44. The van der Waals surface area contributed by atoms with Gasteiger partial charge in [0.25, 0.3) is 0 Å². The summed E-state index contributed by atoms with van der Waals surface area (Å²) in [6.45, 7) is 0. The van der Waals surface area contributed by atoms with Crippen molar-refractivity contribution in [3.63, 3.8) is 0 Å². The maximum atomic E-state index is 13.5. The van der Waals surface area contributed by atoms with Gasteiger partial charge in [-0.25, -0.2) is 18.4 Å². The third-order valence-corrected chi connectivity index (χ3v) is 2.87. The zero-order valence-electron chi connectivity index (χ0n) is 10.3. The number of aliphatic carboxylic acids is 1. The van der Waals surface area contributed by atoms with Gasteiger partial charge in [0.1, 0.15) is 17.7 Å². The fourth-order valence-corrected chi connectivity index (χ4v) is 1.65. The SMILES string of the molecule is NC(=O)C[C@H](NC(=O)Nc1cc(F)c(Br)cc1F)C(=O)O. The molecule has 1 rings (SSSR count). The van der Waals surface area contributed by atoms with Crippen molar-refractivity contribution in [3.05, 3.63) is 28.2 Å². The van der Waals surface area contributed by atoms with E-state index in [0.29, 0.717) is 6.07 Å². The molecule has 114 valence electrons. The van der Waals surface area contributed by atoms with E-state index in [1.807, 2.05) is 10.6 Å². The fraction of sp³-hybridized carbons (Fsp3) is 0.182. The molecule has 0 spiro atoms. The molecule has 3 amide bonds. The minimum absolute atomic E-state index is 0.136. The van der Waals surface area contributed by atoms with Crippen molar-refractivity contribution in [3.8, 4) is 0 Å². The van der Waals surface area contributed by atoms with Crippen LogP contribution < -0.4 is 16.4 Å². The van der Waals surface area contributed by atoms with Gasteiger partial charge in [0.2, 0.25) is 5.91 Å². The van der Waals surface area contributed by atoms with Gasteiger partial charge in [-0.15, -0.1) is 0 Å². The van der Waals surface area contributed by atoms with Crippen LogP contribution in [0.1, 0.15) is 6.42 Å². The lowest BCUT2D eigenvalue weighted by Crippen LogP contribution is -2.45. The number of anilines is 1. The van der Waals surface area contributed by atoms with Gasteiger partial charge in [0.15, 0.2) is 0 Å². The lowest BCUT2D eigenvalue weighted by Gasteiger charge is -2.14. The predicted octanol–water partition coefficient (Wildman–Crippen LogP) is 1.18. The van der Waals surface area contributed by atoms with E-state index in [0.717, 1.165) is 6.07 Å². The third kappa shape index (κ3) is 4.99. The number of hydrogen-bond acceptors (Lipinski definition) is 3. The second-order valence-electron chi connectivity index (χ2n) is 3.91. The molecule has 0 unspecified atom stereocenters. The molecule has 7 nitrogen and oxygen atoms in total. The number of hydrogen-bond donors (Lipinski definition) is 4. The van der Waals surface area contributed by atoms with Gasteiger partial charge < -0.3 is 21.5 Å². The van der Waals surface area contributed by atoms with E-state index in [9.17, 15) is 23.2 Å². The molecule has 0 saturated carbocycles. The van der Waals surface area contributed by atoms with Gasteiger partial charge in [-0.3, -0.25) is 4.79 Å². The van der Waals surface area contributed by atoms with Crippen LogP contribution in [-0.4, -0.2) is 29.1 Å². The van der Waals surface area contributed by atoms with Gasteiger partial charge >= 0.3 is 12.0 Å². The van der Waals surface area contributed by atoms with Gasteiger partial charge in [-0.1, -0.05) is 0 Å². The topological polar surface area (TPSA) is 122 Å². The number of carbonyl (C=O) groups excluding carboxylic acids is 2. The summed E-state index contributed by atoms with van der Waals surface area (Å²) < 4.78 is 26.6. The Morgan fingerprint density at radius 3 is 2.43 bits per heavy atom. The van der Waals surface area contributed by atoms with E-state index >= 15 is 0 Å². The van der Waals surface area contributed by atoms with E-state index in [-0.39, 0.29) is 4.47 Å². The van der Waals surface area contributed by atoms with Crippen molar-refractivity contribution >= 4 is 39.5 Å². The molecule has 0 bridgehead atoms. The number of carboxylic acid groups (broad SMARTS) is 1. The normalized spacial score (nSPS) is 11.6. The molecule has 0 fully saturated rings. The van der Waals surface area contributed by atoms with Crippen LogP contribution in [0.4, 0.5) is 19.3 Å². The molecular formula is C11H10BrF2N3O4. The summed E-state index contributed by atoms with van der Waals surface area (Å²) in [6.07, 6.45) is -0.639. The summed E-state index contributed by atoms with van der Waals surface area (Å²) in [4.78, 5) is 33.0. The molecule has 0 radical (unpaired) electrons. The van der Waals surface area contributed by atoms with Crippen LogP contribution in [0.5, 0.6) is 0 Å². The quantitative estimate of drug-likeness (QED) is 0.585. The van der Waals surface area contributed by atoms with Crippen molar-refractivity contribution in [2.24, 2.45) is 5.73 Å². The second kappa shape index (κ2) is 6.97. The standard InChI is InChI=1S/C11H10BrF2N3O4/c12-4-1-6(14)7(2-5(4)13)16-11(21)17-8(10(19)20)3-9(15)18/h1-2,8H,3H2,(H2,15,18)(H,19,20)(H2,16,17,21)/t8-/m0/s1. The summed E-state index contributed by atoms with van der Waals surface area (Å²) in [5.41, 5.74) is 4.34. The Labute approximate surface area is 125 Å². The molecule has 21 heavy (non-hydrogen) atoms. The number of primary amides is 1. The van der Waals surface area contributed by atoms with Gasteiger partial charge in [-0.05, 0) is 22.0 Å². The number of rotatable bonds is 5. The minimum atomic E-state index is -1.58. The van der Waals surface area contributed by atoms with Crippen LogP contribution in [0, 0.1) is 11.6 Å². The zero-order chi connectivity index (χ0) is 16.2. The smallest absolute Gasteiger partial charge is 0.326 e. The number of carboxylic acids is 1. The first-order chi connectivity index (χ1) is 9.70. The highest BCUT2D eigenvalue weighted by Gasteiger charge is 2.22. The highest BCUT2D eigenvalue weighted by molar-refractivity contribution is 9.10. The number of amides is 3. The number of halogens is 3. The van der Waals surface area contributed by atoms with Gasteiger partial charge in [-0.2, -0.15) is 0 Å². The Bertz CT molecular complexity index is 597. The number of carbonyl (C=O) groups is 3. The molecule has 1 aromatic carbocycles. The summed E-state index contributed by atoms with van der Waals surface area (Å²) in [5, 5.41) is 12.6. The molecular weight excluding hydrogens is 356 g/mol. The lowest BCUT2D eigenvalue weighted by molar-refractivity contribution is -0.140. The molecule has 10 heteroatoms. The number of nitrogens with two attached hydrogens (primary N) is 1. The molecule has 0 aliphatic heterocycles. The molecule has 0 saturated heterocycles. The van der Waals surface area contributed by atoms with Crippen molar-refractivity contribution < 1.29 is 28.3 Å².